The highest BCUT2D eigenvalue weighted by Gasteiger charge is 2.25. The molecule has 5 heteroatoms. The maximum atomic E-state index is 11.7. The quantitative estimate of drug-likeness (QED) is 0.607. The van der Waals surface area contributed by atoms with Crippen LogP contribution in [0.4, 0.5) is 0 Å². The summed E-state index contributed by atoms with van der Waals surface area (Å²) >= 11 is 0. The van der Waals surface area contributed by atoms with Gasteiger partial charge >= 0.3 is 0 Å². The van der Waals surface area contributed by atoms with Crippen molar-refractivity contribution in [3.05, 3.63) is 0 Å². The van der Waals surface area contributed by atoms with Gasteiger partial charge in [-0.25, -0.2) is 0 Å². The summed E-state index contributed by atoms with van der Waals surface area (Å²) in [6.07, 6.45) is 0. The Bertz CT molecular complexity index is 246. The summed E-state index contributed by atoms with van der Waals surface area (Å²) in [7, 11) is 3.70. The largest absolute Gasteiger partial charge is 0.323 e. The van der Waals surface area contributed by atoms with Crippen molar-refractivity contribution in [2.45, 2.75) is 6.04 Å². The number of carbonyl (C=O) groups excluding carboxylic acids is 1. The fourth-order valence-corrected chi connectivity index (χ4v) is 1.48. The zero-order chi connectivity index (χ0) is 10.6. The van der Waals surface area contributed by atoms with E-state index in [1.165, 1.54) is 0 Å². The molecule has 1 saturated heterocycles. The minimum Gasteiger partial charge on any atom is -0.323 e. The van der Waals surface area contributed by atoms with Gasteiger partial charge in [0.2, 0.25) is 5.91 Å². The van der Waals surface area contributed by atoms with Crippen LogP contribution in [0.15, 0.2) is 0 Å². The van der Waals surface area contributed by atoms with Gasteiger partial charge < -0.3 is 15.1 Å². The smallest absolute Gasteiger partial charge is 0.237 e. The van der Waals surface area contributed by atoms with Gasteiger partial charge in [-0.2, -0.15) is 5.26 Å². The molecular formula is C9H16N4O. The first-order chi connectivity index (χ1) is 6.65. The molecule has 0 radical (unpaired) electrons. The predicted octanol–water partition coefficient (Wildman–Crippen LogP) is -1.13. The molecule has 1 heterocycles. The Morgan fingerprint density at radius 3 is 3.00 bits per heavy atom. The fraction of sp³-hybridized carbons (Fsp3) is 0.778. The molecule has 0 aliphatic carbocycles. The number of carbonyl (C=O) groups is 1. The molecule has 1 atom stereocenters. The van der Waals surface area contributed by atoms with Crippen LogP contribution in [0.1, 0.15) is 0 Å². The lowest BCUT2D eigenvalue weighted by molar-refractivity contribution is -0.133. The van der Waals surface area contributed by atoms with E-state index in [0.29, 0.717) is 19.6 Å². The van der Waals surface area contributed by atoms with E-state index in [1.807, 2.05) is 19.0 Å². The van der Waals surface area contributed by atoms with Gasteiger partial charge in [0, 0.05) is 19.6 Å². The first-order valence-electron chi connectivity index (χ1n) is 4.69. The van der Waals surface area contributed by atoms with E-state index in [2.05, 4.69) is 11.4 Å². The fourth-order valence-electron chi connectivity index (χ4n) is 1.48. The van der Waals surface area contributed by atoms with Crippen molar-refractivity contribution in [3.8, 4) is 6.07 Å². The summed E-state index contributed by atoms with van der Waals surface area (Å²) in [4.78, 5) is 15.2. The topological polar surface area (TPSA) is 59.4 Å². The van der Waals surface area contributed by atoms with E-state index in [1.54, 1.807) is 4.90 Å². The highest BCUT2D eigenvalue weighted by molar-refractivity contribution is 5.79. The third kappa shape index (κ3) is 2.69. The molecule has 78 valence electrons. The minimum atomic E-state index is -0.309. The maximum Gasteiger partial charge on any atom is 0.237 e. The number of amides is 1. The highest BCUT2D eigenvalue weighted by Crippen LogP contribution is 2.02. The Balaban J connectivity index is 2.55. The van der Waals surface area contributed by atoms with Gasteiger partial charge in [-0.1, -0.05) is 0 Å². The van der Waals surface area contributed by atoms with Crippen molar-refractivity contribution in [2.24, 2.45) is 0 Å². The van der Waals surface area contributed by atoms with Gasteiger partial charge in [-0.15, -0.1) is 0 Å². The standard InChI is InChI=1S/C9H16N4O/c1-12(2)7-9(14)13-4-3-11-6-8(13)5-10/h8,11H,3-4,6-7H2,1-2H3. The molecule has 0 aromatic rings. The van der Waals surface area contributed by atoms with Gasteiger partial charge in [-0.05, 0) is 14.1 Å². The Hall–Kier alpha value is -1.12. The Morgan fingerprint density at radius 1 is 1.71 bits per heavy atom. The first kappa shape index (κ1) is 11.0. The van der Waals surface area contributed by atoms with Gasteiger partial charge in [0.25, 0.3) is 0 Å². The second-order valence-electron chi connectivity index (χ2n) is 3.67. The summed E-state index contributed by atoms with van der Waals surface area (Å²) < 4.78 is 0. The number of likely N-dealkylation sites (N-methyl/N-ethyl adjacent to an activating group) is 1. The number of nitrogens with zero attached hydrogens (tertiary/aromatic N) is 3. The van der Waals surface area contributed by atoms with Crippen LogP contribution in [0.3, 0.4) is 0 Å². The average Bonchev–Trinajstić information content (AvgIpc) is 2.16. The zero-order valence-electron chi connectivity index (χ0n) is 8.66. The minimum absolute atomic E-state index is 0.0306. The second-order valence-corrected chi connectivity index (χ2v) is 3.67. The molecule has 1 rings (SSSR count). The Morgan fingerprint density at radius 2 is 2.43 bits per heavy atom. The van der Waals surface area contributed by atoms with Gasteiger partial charge in [0.05, 0.1) is 12.6 Å². The molecule has 1 N–H and O–H groups in total. The van der Waals surface area contributed by atoms with E-state index in [4.69, 9.17) is 5.26 Å². The lowest BCUT2D eigenvalue weighted by Gasteiger charge is -2.32. The molecule has 1 aliphatic heterocycles. The lowest BCUT2D eigenvalue weighted by atomic mass is 10.2. The normalized spacial score (nSPS) is 22.1. The Kier molecular flexibility index (Phi) is 3.86. The summed E-state index contributed by atoms with van der Waals surface area (Å²) in [5.41, 5.74) is 0. The number of piperazine rings is 1. The summed E-state index contributed by atoms with van der Waals surface area (Å²) in [5, 5.41) is 11.9. The molecule has 1 aliphatic rings. The van der Waals surface area contributed by atoms with Crippen LogP contribution in [0.2, 0.25) is 0 Å². The number of rotatable bonds is 2. The van der Waals surface area contributed by atoms with Crippen molar-refractivity contribution >= 4 is 5.91 Å². The number of nitrogens with one attached hydrogen (secondary N) is 1. The van der Waals surface area contributed by atoms with Gasteiger partial charge in [-0.3, -0.25) is 4.79 Å². The molecule has 0 saturated carbocycles. The molecule has 1 unspecified atom stereocenters. The molecule has 14 heavy (non-hydrogen) atoms. The Labute approximate surface area is 84.3 Å². The average molecular weight is 196 g/mol. The van der Waals surface area contributed by atoms with Crippen molar-refractivity contribution in [3.63, 3.8) is 0 Å². The number of nitriles is 1. The lowest BCUT2D eigenvalue weighted by Crippen LogP contribution is -2.54. The molecule has 0 spiro atoms. The number of hydrogen-bond acceptors (Lipinski definition) is 4. The summed E-state index contributed by atoms with van der Waals surface area (Å²) in [6, 6.07) is 1.82. The van der Waals surface area contributed by atoms with Crippen LogP contribution < -0.4 is 5.32 Å². The van der Waals surface area contributed by atoms with Crippen molar-refractivity contribution in [2.75, 3.05) is 40.3 Å². The highest BCUT2D eigenvalue weighted by atomic mass is 16.2. The molecule has 0 aromatic heterocycles. The molecule has 5 nitrogen and oxygen atoms in total. The number of hydrogen-bond donors (Lipinski definition) is 1. The summed E-state index contributed by atoms with van der Waals surface area (Å²) in [6.45, 7) is 2.36. The van der Waals surface area contributed by atoms with Crippen LogP contribution in [0.25, 0.3) is 0 Å². The van der Waals surface area contributed by atoms with Crippen molar-refractivity contribution in [1.82, 2.24) is 15.1 Å². The molecular weight excluding hydrogens is 180 g/mol. The van der Waals surface area contributed by atoms with Crippen LogP contribution in [-0.2, 0) is 4.79 Å². The first-order valence-corrected chi connectivity index (χ1v) is 4.69. The van der Waals surface area contributed by atoms with Crippen LogP contribution >= 0.6 is 0 Å². The third-order valence-electron chi connectivity index (χ3n) is 2.16. The van der Waals surface area contributed by atoms with Gasteiger partial charge in [0.15, 0.2) is 0 Å². The second kappa shape index (κ2) is 4.94. The van der Waals surface area contributed by atoms with Crippen LogP contribution in [-0.4, -0.2) is 62.0 Å². The van der Waals surface area contributed by atoms with E-state index in [-0.39, 0.29) is 11.9 Å². The maximum absolute atomic E-state index is 11.7. The third-order valence-corrected chi connectivity index (χ3v) is 2.16. The van der Waals surface area contributed by atoms with Crippen LogP contribution in [0.5, 0.6) is 0 Å². The van der Waals surface area contributed by atoms with E-state index in [0.717, 1.165) is 6.54 Å². The monoisotopic (exact) mass is 196 g/mol. The molecule has 1 amide bonds. The molecule has 1 fully saturated rings. The van der Waals surface area contributed by atoms with Crippen molar-refractivity contribution < 1.29 is 4.79 Å². The van der Waals surface area contributed by atoms with E-state index >= 15 is 0 Å². The summed E-state index contributed by atoms with van der Waals surface area (Å²) in [5.74, 6) is 0.0306. The van der Waals surface area contributed by atoms with E-state index in [9.17, 15) is 4.79 Å². The van der Waals surface area contributed by atoms with E-state index < -0.39 is 0 Å². The molecule has 0 bridgehead atoms. The van der Waals surface area contributed by atoms with Crippen molar-refractivity contribution in [1.29, 1.82) is 5.26 Å². The zero-order valence-corrected chi connectivity index (χ0v) is 8.66. The molecule has 0 aromatic carbocycles. The predicted molar refractivity (Wildman–Crippen MR) is 52.5 cm³/mol. The van der Waals surface area contributed by atoms with Crippen LogP contribution in [0, 0.1) is 11.3 Å². The SMILES string of the molecule is CN(C)CC(=O)N1CCNCC1C#N. The van der Waals surface area contributed by atoms with Gasteiger partial charge in [0.1, 0.15) is 6.04 Å².